The average molecular weight is 479 g/mol. The van der Waals surface area contributed by atoms with Crippen molar-refractivity contribution in [3.05, 3.63) is 12.1 Å². The number of hydrogen-bond acceptors (Lipinski definition) is 8. The van der Waals surface area contributed by atoms with Gasteiger partial charge >= 0.3 is 23.9 Å². The molecule has 8 heteroatoms. The normalized spacial score (nSPS) is 12.6. The molecule has 190 valence electrons. The molecule has 0 aliphatic rings. The second-order valence-electron chi connectivity index (χ2n) is 12.3. The lowest BCUT2D eigenvalue weighted by molar-refractivity contribution is -0.146. The van der Waals surface area contributed by atoms with Gasteiger partial charge in [-0.2, -0.15) is 0 Å². The van der Waals surface area contributed by atoms with Gasteiger partial charge in [0.25, 0.3) is 0 Å². The third-order valence-corrected chi connectivity index (χ3v) is 4.27. The van der Waals surface area contributed by atoms with E-state index in [1.807, 2.05) is 0 Å². The highest BCUT2D eigenvalue weighted by molar-refractivity contribution is 5.84. The molecule has 0 bridgehead atoms. The molecule has 34 heavy (non-hydrogen) atoms. The maximum Gasteiger partial charge on any atom is 0.316 e. The van der Waals surface area contributed by atoms with Crippen LogP contribution in [0, 0.1) is 21.7 Å². The summed E-state index contributed by atoms with van der Waals surface area (Å²) in [5, 5.41) is 0. The standard InChI is InChI=1S/C26H38O8/c1-23(2,3)19(27)31-15-13-17(33-21(29)25(7,8)9)18(34-22(30)26(10,11)12)14-16(15)32-20(28)24(4,5)6/h13-14H,1-12H3. The maximum atomic E-state index is 12.6. The summed E-state index contributed by atoms with van der Waals surface area (Å²) in [6.45, 7) is 20.0. The number of carbonyl (C=O) groups excluding carboxylic acids is 4. The zero-order valence-electron chi connectivity index (χ0n) is 22.4. The van der Waals surface area contributed by atoms with Crippen LogP contribution in [-0.4, -0.2) is 23.9 Å². The van der Waals surface area contributed by atoms with Gasteiger partial charge in [-0.25, -0.2) is 0 Å². The lowest BCUT2D eigenvalue weighted by Crippen LogP contribution is -2.29. The lowest BCUT2D eigenvalue weighted by Gasteiger charge is -2.23. The van der Waals surface area contributed by atoms with E-state index in [0.717, 1.165) is 0 Å². The third-order valence-electron chi connectivity index (χ3n) is 4.27. The van der Waals surface area contributed by atoms with E-state index in [0.29, 0.717) is 0 Å². The van der Waals surface area contributed by atoms with Crippen LogP contribution in [0.5, 0.6) is 23.0 Å². The van der Waals surface area contributed by atoms with E-state index in [1.54, 1.807) is 83.1 Å². The van der Waals surface area contributed by atoms with Gasteiger partial charge < -0.3 is 18.9 Å². The minimum Gasteiger partial charge on any atom is -0.422 e. The quantitative estimate of drug-likeness (QED) is 0.413. The molecule has 0 spiro atoms. The molecule has 0 atom stereocenters. The summed E-state index contributed by atoms with van der Waals surface area (Å²) in [6.07, 6.45) is 0. The predicted octanol–water partition coefficient (Wildman–Crippen LogP) is 5.49. The Labute approximate surface area is 202 Å². The zero-order valence-corrected chi connectivity index (χ0v) is 22.4. The van der Waals surface area contributed by atoms with E-state index in [9.17, 15) is 19.2 Å². The van der Waals surface area contributed by atoms with Crippen LogP contribution in [0.15, 0.2) is 12.1 Å². The molecule has 1 aromatic rings. The van der Waals surface area contributed by atoms with E-state index in [2.05, 4.69) is 0 Å². The second-order valence-corrected chi connectivity index (χ2v) is 12.3. The Balaban J connectivity index is 3.72. The predicted molar refractivity (Wildman–Crippen MR) is 127 cm³/mol. The minimum atomic E-state index is -0.870. The van der Waals surface area contributed by atoms with Gasteiger partial charge in [-0.05, 0) is 83.1 Å². The molecule has 1 aromatic carbocycles. The Morgan fingerprint density at radius 2 is 0.559 bits per heavy atom. The Morgan fingerprint density at radius 3 is 0.676 bits per heavy atom. The van der Waals surface area contributed by atoms with Crippen molar-refractivity contribution in [1.29, 1.82) is 0 Å². The summed E-state index contributed by atoms with van der Waals surface area (Å²) in [4.78, 5) is 50.4. The molecule has 0 saturated heterocycles. The molecule has 0 saturated carbocycles. The van der Waals surface area contributed by atoms with Crippen LogP contribution in [0.25, 0.3) is 0 Å². The lowest BCUT2D eigenvalue weighted by atomic mass is 9.97. The topological polar surface area (TPSA) is 105 Å². The number of benzene rings is 1. The first-order chi connectivity index (χ1) is 15.0. The summed E-state index contributed by atoms with van der Waals surface area (Å²) in [7, 11) is 0. The van der Waals surface area contributed by atoms with Crippen LogP contribution in [0.1, 0.15) is 83.1 Å². The summed E-state index contributed by atoms with van der Waals surface area (Å²) in [6, 6.07) is 2.42. The molecule has 8 nitrogen and oxygen atoms in total. The van der Waals surface area contributed by atoms with Gasteiger partial charge in [0.1, 0.15) is 0 Å². The first-order valence-electron chi connectivity index (χ1n) is 11.1. The number of carbonyl (C=O) groups is 4. The van der Waals surface area contributed by atoms with Crippen LogP contribution in [0.3, 0.4) is 0 Å². The fraction of sp³-hybridized carbons (Fsp3) is 0.615. The Kier molecular flexibility index (Phi) is 8.36. The van der Waals surface area contributed by atoms with Crippen LogP contribution in [-0.2, 0) is 19.2 Å². The monoisotopic (exact) mass is 478 g/mol. The van der Waals surface area contributed by atoms with Gasteiger partial charge in [0.05, 0.1) is 21.7 Å². The van der Waals surface area contributed by atoms with Gasteiger partial charge in [0.2, 0.25) is 0 Å². The largest absolute Gasteiger partial charge is 0.422 e. The molecule has 0 aliphatic heterocycles. The van der Waals surface area contributed by atoms with Gasteiger partial charge in [-0.3, -0.25) is 19.2 Å². The van der Waals surface area contributed by atoms with Crippen LogP contribution in [0.2, 0.25) is 0 Å². The summed E-state index contributed by atoms with van der Waals surface area (Å²) < 4.78 is 22.0. The molecule has 0 aromatic heterocycles. The van der Waals surface area contributed by atoms with Crippen molar-refractivity contribution in [3.8, 4) is 23.0 Å². The number of ether oxygens (including phenoxy) is 4. The molecule has 1 rings (SSSR count). The Morgan fingerprint density at radius 1 is 0.412 bits per heavy atom. The van der Waals surface area contributed by atoms with Crippen molar-refractivity contribution in [1.82, 2.24) is 0 Å². The van der Waals surface area contributed by atoms with Gasteiger partial charge in [-0.15, -0.1) is 0 Å². The molecular weight excluding hydrogens is 440 g/mol. The molecule has 0 heterocycles. The second kappa shape index (κ2) is 9.76. The number of rotatable bonds is 4. The first-order valence-corrected chi connectivity index (χ1v) is 11.1. The van der Waals surface area contributed by atoms with Crippen molar-refractivity contribution >= 4 is 23.9 Å². The zero-order chi connectivity index (χ0) is 26.9. The summed E-state index contributed by atoms with van der Waals surface area (Å²) in [5.41, 5.74) is -3.48. The minimum absolute atomic E-state index is 0.148. The summed E-state index contributed by atoms with van der Waals surface area (Å²) >= 11 is 0. The fourth-order valence-electron chi connectivity index (χ4n) is 1.85. The van der Waals surface area contributed by atoms with Crippen molar-refractivity contribution in [2.45, 2.75) is 83.1 Å². The Bertz CT molecular complexity index is 806. The highest BCUT2D eigenvalue weighted by Crippen LogP contribution is 2.42. The van der Waals surface area contributed by atoms with Crippen molar-refractivity contribution < 1.29 is 38.1 Å². The molecule has 0 unspecified atom stereocenters. The van der Waals surface area contributed by atoms with Crippen molar-refractivity contribution in [3.63, 3.8) is 0 Å². The number of hydrogen-bond donors (Lipinski definition) is 0. The van der Waals surface area contributed by atoms with E-state index in [1.165, 1.54) is 12.1 Å². The maximum absolute atomic E-state index is 12.6. The van der Waals surface area contributed by atoms with E-state index >= 15 is 0 Å². The summed E-state index contributed by atoms with van der Waals surface area (Å²) in [5.74, 6) is -3.01. The van der Waals surface area contributed by atoms with Crippen molar-refractivity contribution in [2.75, 3.05) is 0 Å². The van der Waals surface area contributed by atoms with Crippen molar-refractivity contribution in [2.24, 2.45) is 21.7 Å². The van der Waals surface area contributed by atoms with Crippen LogP contribution >= 0.6 is 0 Å². The van der Waals surface area contributed by atoms with Crippen LogP contribution < -0.4 is 18.9 Å². The van der Waals surface area contributed by atoms with Gasteiger partial charge in [0.15, 0.2) is 23.0 Å². The van der Waals surface area contributed by atoms with Gasteiger partial charge in [0, 0.05) is 12.1 Å². The molecule has 0 aliphatic carbocycles. The molecular formula is C26H38O8. The highest BCUT2D eigenvalue weighted by atomic mass is 16.6. The highest BCUT2D eigenvalue weighted by Gasteiger charge is 2.33. The molecule has 0 N–H and O–H groups in total. The van der Waals surface area contributed by atoms with E-state index < -0.39 is 45.5 Å². The van der Waals surface area contributed by atoms with E-state index in [-0.39, 0.29) is 23.0 Å². The molecule has 0 radical (unpaired) electrons. The number of esters is 4. The Hall–Kier alpha value is -2.90. The fourth-order valence-corrected chi connectivity index (χ4v) is 1.85. The molecule has 0 amide bonds. The SMILES string of the molecule is CC(C)(C)C(=O)Oc1cc(OC(=O)C(C)(C)C)c(OC(=O)C(C)(C)C)cc1OC(=O)C(C)(C)C. The van der Waals surface area contributed by atoms with E-state index in [4.69, 9.17) is 18.9 Å². The van der Waals surface area contributed by atoms with Gasteiger partial charge in [-0.1, -0.05) is 0 Å². The third kappa shape index (κ3) is 8.15. The smallest absolute Gasteiger partial charge is 0.316 e. The first kappa shape index (κ1) is 29.1. The molecule has 0 fully saturated rings. The average Bonchev–Trinajstić information content (AvgIpc) is 2.61. The van der Waals surface area contributed by atoms with Crippen LogP contribution in [0.4, 0.5) is 0 Å².